The van der Waals surface area contributed by atoms with Crippen molar-refractivity contribution in [2.75, 3.05) is 0 Å². The van der Waals surface area contributed by atoms with Gasteiger partial charge in [-0.05, 0) is 41.7 Å². The quantitative estimate of drug-likeness (QED) is 0.485. The van der Waals surface area contributed by atoms with Crippen molar-refractivity contribution in [1.29, 1.82) is 0 Å². The second kappa shape index (κ2) is 11.2. The highest BCUT2D eigenvalue weighted by Crippen LogP contribution is 2.30. The molecule has 3 nitrogen and oxygen atoms in total. The Balaban J connectivity index is 0.000000855. The molecule has 3 rings (SSSR count). The summed E-state index contributed by atoms with van der Waals surface area (Å²) in [6.45, 7) is 13.7. The van der Waals surface area contributed by atoms with Crippen LogP contribution in [0.4, 0.5) is 0 Å². The molecule has 142 valence electrons. The minimum absolute atomic E-state index is 0.478. The highest BCUT2D eigenvalue weighted by molar-refractivity contribution is 6.58. The number of rotatable bonds is 4. The van der Waals surface area contributed by atoms with E-state index in [1.54, 1.807) is 18.2 Å². The van der Waals surface area contributed by atoms with Crippen molar-refractivity contribution in [1.82, 2.24) is 0 Å². The average Bonchev–Trinajstić information content (AvgIpc) is 3.04. The molecule has 0 fully saturated rings. The summed E-state index contributed by atoms with van der Waals surface area (Å²) in [5.74, 6) is 0.829. The molecule has 0 aliphatic rings. The molecule has 27 heavy (non-hydrogen) atoms. The smallest absolute Gasteiger partial charge is 0.456 e. The van der Waals surface area contributed by atoms with Gasteiger partial charge in [0.15, 0.2) is 0 Å². The van der Waals surface area contributed by atoms with Crippen molar-refractivity contribution in [3.05, 3.63) is 72.5 Å². The van der Waals surface area contributed by atoms with Gasteiger partial charge in [-0.2, -0.15) is 0 Å². The number of fused-ring (bicyclic) bond motifs is 1. The van der Waals surface area contributed by atoms with E-state index >= 15 is 0 Å². The van der Waals surface area contributed by atoms with Crippen LogP contribution in [-0.4, -0.2) is 17.2 Å². The Morgan fingerprint density at radius 2 is 1.52 bits per heavy atom. The Bertz CT molecular complexity index is 875. The third kappa shape index (κ3) is 5.46. The lowest BCUT2D eigenvalue weighted by molar-refractivity contribution is 0.426. The van der Waals surface area contributed by atoms with Crippen LogP contribution >= 0.6 is 0 Å². The molecule has 2 aromatic carbocycles. The zero-order chi connectivity index (χ0) is 20.4. The third-order valence-corrected chi connectivity index (χ3v) is 3.90. The van der Waals surface area contributed by atoms with Crippen LogP contribution in [0.5, 0.6) is 0 Å². The zero-order valence-electron chi connectivity index (χ0n) is 16.9. The molecule has 3 aromatic rings. The van der Waals surface area contributed by atoms with Gasteiger partial charge in [0.2, 0.25) is 0 Å². The first-order valence-corrected chi connectivity index (χ1v) is 9.39. The van der Waals surface area contributed by atoms with Gasteiger partial charge in [0.1, 0.15) is 11.3 Å². The molecule has 0 amide bonds. The van der Waals surface area contributed by atoms with E-state index in [1.807, 2.05) is 71.0 Å². The molecule has 0 bridgehead atoms. The van der Waals surface area contributed by atoms with E-state index in [4.69, 9.17) is 14.5 Å². The number of benzene rings is 2. The summed E-state index contributed by atoms with van der Waals surface area (Å²) in [7, 11) is -1.44. The number of allylic oxidation sites excluding steroid dienone is 2. The lowest BCUT2D eigenvalue weighted by Crippen LogP contribution is -2.29. The SMILES string of the molecule is C=C/C=C\c1oc2ccc(-c3ccc(B(O)O)cc3)cc2c1C.CC.CC. The maximum atomic E-state index is 9.17. The van der Waals surface area contributed by atoms with Crippen LogP contribution in [0, 0.1) is 6.92 Å². The summed E-state index contributed by atoms with van der Waals surface area (Å²) in [4.78, 5) is 0. The molecule has 0 saturated carbocycles. The number of hydrogen-bond acceptors (Lipinski definition) is 3. The highest BCUT2D eigenvalue weighted by Gasteiger charge is 2.12. The van der Waals surface area contributed by atoms with Crippen molar-refractivity contribution in [3.8, 4) is 11.1 Å². The van der Waals surface area contributed by atoms with Gasteiger partial charge in [-0.25, -0.2) is 0 Å². The molecule has 2 N–H and O–H groups in total. The largest absolute Gasteiger partial charge is 0.488 e. The van der Waals surface area contributed by atoms with Crippen LogP contribution in [0.1, 0.15) is 39.0 Å². The third-order valence-electron chi connectivity index (χ3n) is 3.90. The molecular formula is C23H29BO3. The molecule has 0 spiro atoms. The average molecular weight is 364 g/mol. The fourth-order valence-corrected chi connectivity index (χ4v) is 2.58. The minimum Gasteiger partial charge on any atom is -0.456 e. The maximum absolute atomic E-state index is 9.17. The topological polar surface area (TPSA) is 53.6 Å². The molecule has 1 aromatic heterocycles. The van der Waals surface area contributed by atoms with E-state index < -0.39 is 7.12 Å². The fraction of sp³-hybridized carbons (Fsp3) is 0.217. The predicted molar refractivity (Wildman–Crippen MR) is 118 cm³/mol. The molecule has 0 saturated heterocycles. The summed E-state index contributed by atoms with van der Waals surface area (Å²) in [6.07, 6.45) is 5.47. The Kier molecular flexibility index (Phi) is 9.34. The van der Waals surface area contributed by atoms with Gasteiger partial charge in [-0.15, -0.1) is 0 Å². The summed E-state index contributed by atoms with van der Waals surface area (Å²) < 4.78 is 5.84. The summed E-state index contributed by atoms with van der Waals surface area (Å²) >= 11 is 0. The number of furan rings is 1. The first-order chi connectivity index (χ1) is 13.1. The van der Waals surface area contributed by atoms with E-state index in [2.05, 4.69) is 12.6 Å². The van der Waals surface area contributed by atoms with E-state index in [1.165, 1.54) is 0 Å². The summed E-state index contributed by atoms with van der Waals surface area (Å²) in [6, 6.07) is 13.2. The van der Waals surface area contributed by atoms with Crippen molar-refractivity contribution < 1.29 is 14.5 Å². The molecule has 1 heterocycles. The molecule has 0 unspecified atom stereocenters. The molecule has 0 aliphatic heterocycles. The molecular weight excluding hydrogens is 335 g/mol. The normalized spacial score (nSPS) is 10.0. The monoisotopic (exact) mass is 364 g/mol. The standard InChI is InChI=1S/C19H17BO3.2C2H6/c1-3-4-5-18-13(2)17-12-15(8-11-19(17)23-18)14-6-9-16(10-7-14)20(21)22;2*1-2/h3-12,21-22H,1H2,2H3;2*1-2H3/b5-4-;;. The summed E-state index contributed by atoms with van der Waals surface area (Å²) in [5.41, 5.74) is 4.48. The lowest BCUT2D eigenvalue weighted by atomic mass is 9.80. The second-order valence-corrected chi connectivity index (χ2v) is 5.39. The van der Waals surface area contributed by atoms with Crippen LogP contribution in [-0.2, 0) is 0 Å². The van der Waals surface area contributed by atoms with Gasteiger partial charge >= 0.3 is 7.12 Å². The van der Waals surface area contributed by atoms with E-state index in [-0.39, 0.29) is 0 Å². The first kappa shape index (κ1) is 22.5. The van der Waals surface area contributed by atoms with Gasteiger partial charge in [0, 0.05) is 10.9 Å². The van der Waals surface area contributed by atoms with E-state index in [0.717, 1.165) is 33.4 Å². The highest BCUT2D eigenvalue weighted by atomic mass is 16.4. The van der Waals surface area contributed by atoms with Crippen molar-refractivity contribution >= 4 is 29.6 Å². The molecule has 0 aliphatic carbocycles. The van der Waals surface area contributed by atoms with Gasteiger partial charge in [0.25, 0.3) is 0 Å². The van der Waals surface area contributed by atoms with Gasteiger partial charge in [0.05, 0.1) is 0 Å². The lowest BCUT2D eigenvalue weighted by Gasteiger charge is -2.04. The van der Waals surface area contributed by atoms with Crippen LogP contribution < -0.4 is 5.46 Å². The van der Waals surface area contributed by atoms with E-state index in [9.17, 15) is 0 Å². The molecule has 0 radical (unpaired) electrons. The van der Waals surface area contributed by atoms with Crippen LogP contribution in [0.15, 0.2) is 65.6 Å². The predicted octanol–water partition coefficient (Wildman–Crippen LogP) is 5.34. The van der Waals surface area contributed by atoms with Gasteiger partial charge < -0.3 is 14.5 Å². The van der Waals surface area contributed by atoms with Crippen molar-refractivity contribution in [2.24, 2.45) is 0 Å². The number of aryl methyl sites for hydroxylation is 1. The van der Waals surface area contributed by atoms with Gasteiger partial charge in [-0.1, -0.05) is 76.8 Å². The Morgan fingerprint density at radius 1 is 0.926 bits per heavy atom. The van der Waals surface area contributed by atoms with Crippen LogP contribution in [0.2, 0.25) is 0 Å². The van der Waals surface area contributed by atoms with Crippen molar-refractivity contribution in [3.63, 3.8) is 0 Å². The molecule has 0 atom stereocenters. The molecule has 4 heteroatoms. The number of hydrogen-bond donors (Lipinski definition) is 2. The zero-order valence-corrected chi connectivity index (χ0v) is 16.9. The second-order valence-electron chi connectivity index (χ2n) is 5.39. The maximum Gasteiger partial charge on any atom is 0.488 e. The minimum atomic E-state index is -1.44. The van der Waals surface area contributed by atoms with E-state index in [0.29, 0.717) is 5.46 Å². The first-order valence-electron chi connectivity index (χ1n) is 9.39. The van der Waals surface area contributed by atoms with Crippen LogP contribution in [0.3, 0.4) is 0 Å². The Labute approximate surface area is 162 Å². The Morgan fingerprint density at radius 3 is 2.07 bits per heavy atom. The summed E-state index contributed by atoms with van der Waals surface area (Å²) in [5, 5.41) is 19.4. The van der Waals surface area contributed by atoms with Crippen LogP contribution in [0.25, 0.3) is 28.2 Å². The van der Waals surface area contributed by atoms with Crippen molar-refractivity contribution in [2.45, 2.75) is 34.6 Å². The fourth-order valence-electron chi connectivity index (χ4n) is 2.58. The van der Waals surface area contributed by atoms with Gasteiger partial charge in [-0.3, -0.25) is 0 Å². The Hall–Kier alpha value is -2.56.